The maximum atomic E-state index is 11.8. The first-order valence-electron chi connectivity index (χ1n) is 6.11. The van der Waals surface area contributed by atoms with Crippen LogP contribution >= 0.6 is 0 Å². The van der Waals surface area contributed by atoms with Crippen molar-refractivity contribution in [3.63, 3.8) is 0 Å². The molecule has 1 aromatic carbocycles. The van der Waals surface area contributed by atoms with Crippen LogP contribution in [0.4, 0.5) is 0 Å². The molecule has 0 N–H and O–H groups in total. The molecular weight excluding hydrogens is 214 g/mol. The molecule has 1 heterocycles. The van der Waals surface area contributed by atoms with E-state index < -0.39 is 0 Å². The van der Waals surface area contributed by atoms with Crippen LogP contribution in [-0.4, -0.2) is 31.5 Å². The Morgan fingerprint density at radius 2 is 1.82 bits per heavy atom. The summed E-state index contributed by atoms with van der Waals surface area (Å²) < 4.78 is 5.08. The third-order valence-electron chi connectivity index (χ3n) is 2.95. The van der Waals surface area contributed by atoms with Crippen molar-refractivity contribution in [3.05, 3.63) is 29.8 Å². The third kappa shape index (κ3) is 2.99. The third-order valence-corrected chi connectivity index (χ3v) is 2.95. The molecule has 1 unspecified atom stereocenters. The largest absolute Gasteiger partial charge is 0.497 e. The minimum absolute atomic E-state index is 0.0425. The van der Waals surface area contributed by atoms with Gasteiger partial charge in [0.15, 0.2) is 0 Å². The van der Waals surface area contributed by atoms with Crippen molar-refractivity contribution in [2.45, 2.75) is 26.2 Å². The van der Waals surface area contributed by atoms with Crippen molar-refractivity contribution >= 4 is 5.91 Å². The van der Waals surface area contributed by atoms with E-state index in [1.165, 1.54) is 0 Å². The van der Waals surface area contributed by atoms with Gasteiger partial charge in [0.25, 0.3) is 0 Å². The van der Waals surface area contributed by atoms with Crippen molar-refractivity contribution in [2.24, 2.45) is 0 Å². The second-order valence-corrected chi connectivity index (χ2v) is 3.87. The average Bonchev–Trinajstić information content (AvgIpc) is 2.73. The minimum atomic E-state index is 0.0425. The molecular formula is C14H21NO2. The number of hydrogen-bond donors (Lipinski definition) is 0. The van der Waals surface area contributed by atoms with E-state index in [2.05, 4.69) is 0 Å². The van der Waals surface area contributed by atoms with Gasteiger partial charge in [-0.25, -0.2) is 0 Å². The molecule has 1 atom stereocenters. The van der Waals surface area contributed by atoms with Crippen LogP contribution in [0.15, 0.2) is 24.3 Å². The van der Waals surface area contributed by atoms with E-state index in [1.807, 2.05) is 45.2 Å². The summed E-state index contributed by atoms with van der Waals surface area (Å²) in [7, 11) is 3.50. The van der Waals surface area contributed by atoms with E-state index in [4.69, 9.17) is 4.74 Å². The Morgan fingerprint density at radius 1 is 1.24 bits per heavy atom. The van der Waals surface area contributed by atoms with E-state index in [0.29, 0.717) is 0 Å². The molecule has 94 valence electrons. The van der Waals surface area contributed by atoms with E-state index >= 15 is 0 Å². The number of methoxy groups -OCH3 is 1. The number of hydrogen-bond acceptors (Lipinski definition) is 2. The second-order valence-electron chi connectivity index (χ2n) is 3.87. The van der Waals surface area contributed by atoms with Gasteiger partial charge in [-0.15, -0.1) is 0 Å². The lowest BCUT2D eigenvalue weighted by molar-refractivity contribution is -0.127. The van der Waals surface area contributed by atoms with E-state index in [9.17, 15) is 4.79 Å². The van der Waals surface area contributed by atoms with Crippen LogP contribution in [0.2, 0.25) is 0 Å². The van der Waals surface area contributed by atoms with Gasteiger partial charge in [0.1, 0.15) is 5.75 Å². The summed E-state index contributed by atoms with van der Waals surface area (Å²) in [5.74, 6) is 1.10. The van der Waals surface area contributed by atoms with Crippen LogP contribution in [0.1, 0.15) is 31.7 Å². The highest BCUT2D eigenvalue weighted by Gasteiger charge is 2.29. The molecule has 0 aliphatic carbocycles. The van der Waals surface area contributed by atoms with Crippen molar-refractivity contribution in [1.29, 1.82) is 0 Å². The van der Waals surface area contributed by atoms with Gasteiger partial charge in [-0.2, -0.15) is 0 Å². The van der Waals surface area contributed by atoms with Gasteiger partial charge in [-0.1, -0.05) is 26.0 Å². The van der Waals surface area contributed by atoms with Gasteiger partial charge in [-0.3, -0.25) is 4.79 Å². The van der Waals surface area contributed by atoms with Crippen LogP contribution in [0.3, 0.4) is 0 Å². The van der Waals surface area contributed by atoms with Gasteiger partial charge in [0, 0.05) is 13.6 Å². The van der Waals surface area contributed by atoms with Gasteiger partial charge in [0.05, 0.1) is 13.0 Å². The Morgan fingerprint density at radius 3 is 2.24 bits per heavy atom. The summed E-state index contributed by atoms with van der Waals surface area (Å²) in [6, 6.07) is 7.75. The Balaban J connectivity index is 0.000000686. The molecule has 0 aromatic heterocycles. The first-order chi connectivity index (χ1) is 8.22. The summed E-state index contributed by atoms with van der Waals surface area (Å²) in [6.07, 6.45) is 0.918. The Hall–Kier alpha value is -1.51. The predicted molar refractivity (Wildman–Crippen MR) is 69.3 cm³/mol. The number of amides is 1. The number of likely N-dealkylation sites (N-methyl/N-ethyl adjacent to an activating group) is 1. The topological polar surface area (TPSA) is 29.5 Å². The highest BCUT2D eigenvalue weighted by atomic mass is 16.5. The molecule has 1 saturated heterocycles. The average molecular weight is 235 g/mol. The highest BCUT2D eigenvalue weighted by molar-refractivity contribution is 5.85. The Kier molecular flexibility index (Phi) is 5.01. The molecule has 1 fully saturated rings. The molecule has 1 aliphatic heterocycles. The zero-order valence-corrected chi connectivity index (χ0v) is 11.1. The zero-order valence-electron chi connectivity index (χ0n) is 11.1. The fourth-order valence-corrected chi connectivity index (χ4v) is 1.97. The fourth-order valence-electron chi connectivity index (χ4n) is 1.97. The standard InChI is InChI=1S/C12H15NO2.C2H6/c1-13-8-7-11(12(13)14)9-3-5-10(15-2)6-4-9;1-2/h3-6,11H,7-8H2,1-2H3;1-2H3. The van der Waals surface area contributed by atoms with Crippen LogP contribution in [0.5, 0.6) is 5.75 Å². The van der Waals surface area contributed by atoms with Gasteiger partial charge in [-0.05, 0) is 24.1 Å². The lowest BCUT2D eigenvalue weighted by Gasteiger charge is -2.10. The molecule has 1 aliphatic rings. The molecule has 3 heteroatoms. The van der Waals surface area contributed by atoms with Crippen molar-refractivity contribution in [1.82, 2.24) is 4.90 Å². The molecule has 17 heavy (non-hydrogen) atoms. The first kappa shape index (κ1) is 13.6. The summed E-state index contributed by atoms with van der Waals surface area (Å²) in [5, 5.41) is 0. The Labute approximate surface area is 103 Å². The minimum Gasteiger partial charge on any atom is -0.497 e. The lowest BCUT2D eigenvalue weighted by atomic mass is 9.98. The number of likely N-dealkylation sites (tertiary alicyclic amines) is 1. The first-order valence-corrected chi connectivity index (χ1v) is 6.11. The van der Waals surface area contributed by atoms with E-state index in [1.54, 1.807) is 12.0 Å². The fraction of sp³-hybridized carbons (Fsp3) is 0.500. The van der Waals surface area contributed by atoms with Gasteiger partial charge < -0.3 is 9.64 Å². The van der Waals surface area contributed by atoms with Crippen molar-refractivity contribution in [2.75, 3.05) is 20.7 Å². The summed E-state index contributed by atoms with van der Waals surface area (Å²) in [5.41, 5.74) is 1.09. The van der Waals surface area contributed by atoms with Crippen molar-refractivity contribution in [3.8, 4) is 5.75 Å². The number of nitrogens with zero attached hydrogens (tertiary/aromatic N) is 1. The number of carbonyl (C=O) groups excluding carboxylic acids is 1. The molecule has 0 radical (unpaired) electrons. The predicted octanol–water partition coefficient (Wildman–Crippen LogP) is 2.67. The number of benzene rings is 1. The molecule has 2 rings (SSSR count). The molecule has 0 saturated carbocycles. The summed E-state index contributed by atoms with van der Waals surface area (Å²) >= 11 is 0. The van der Waals surface area contributed by atoms with E-state index in [0.717, 1.165) is 24.3 Å². The van der Waals surface area contributed by atoms with Crippen LogP contribution in [0.25, 0.3) is 0 Å². The molecule has 0 bridgehead atoms. The summed E-state index contributed by atoms with van der Waals surface area (Å²) in [6.45, 7) is 4.86. The van der Waals surface area contributed by atoms with Crippen LogP contribution < -0.4 is 4.74 Å². The van der Waals surface area contributed by atoms with Crippen molar-refractivity contribution < 1.29 is 9.53 Å². The molecule has 1 amide bonds. The van der Waals surface area contributed by atoms with Crippen LogP contribution in [0, 0.1) is 0 Å². The molecule has 0 spiro atoms. The SMILES string of the molecule is CC.COc1ccc(C2CCN(C)C2=O)cc1. The van der Waals surface area contributed by atoms with Gasteiger partial charge in [0.2, 0.25) is 5.91 Å². The molecule has 1 aromatic rings. The molecule has 3 nitrogen and oxygen atoms in total. The second kappa shape index (κ2) is 6.28. The lowest BCUT2D eigenvalue weighted by Crippen LogP contribution is -2.21. The smallest absolute Gasteiger partial charge is 0.229 e. The van der Waals surface area contributed by atoms with E-state index in [-0.39, 0.29) is 11.8 Å². The normalized spacial score (nSPS) is 18.7. The number of ether oxygens (including phenoxy) is 1. The Bertz CT molecular complexity index is 359. The highest BCUT2D eigenvalue weighted by Crippen LogP contribution is 2.28. The zero-order chi connectivity index (χ0) is 12.8. The number of carbonyl (C=O) groups is 1. The monoisotopic (exact) mass is 235 g/mol. The number of rotatable bonds is 2. The maximum absolute atomic E-state index is 11.8. The quantitative estimate of drug-likeness (QED) is 0.788. The van der Waals surface area contributed by atoms with Gasteiger partial charge >= 0.3 is 0 Å². The maximum Gasteiger partial charge on any atom is 0.229 e. The van der Waals surface area contributed by atoms with Crippen LogP contribution in [-0.2, 0) is 4.79 Å². The summed E-state index contributed by atoms with van der Waals surface area (Å²) in [4.78, 5) is 13.5.